The lowest BCUT2D eigenvalue weighted by Gasteiger charge is -2.30. The van der Waals surface area contributed by atoms with Crippen LogP contribution in [-0.4, -0.2) is 36.4 Å². The number of ether oxygens (including phenoxy) is 1. The number of carbonyl (C=O) groups excluding carboxylic acids is 2. The zero-order chi connectivity index (χ0) is 19.8. The van der Waals surface area contributed by atoms with Crippen LogP contribution in [0.3, 0.4) is 0 Å². The average Bonchev–Trinajstić information content (AvgIpc) is 2.68. The molecule has 2 amide bonds. The highest BCUT2D eigenvalue weighted by Gasteiger charge is 2.28. The van der Waals surface area contributed by atoms with Crippen molar-refractivity contribution in [3.8, 4) is 5.75 Å². The molecule has 0 heterocycles. The Morgan fingerprint density at radius 2 is 1.81 bits per heavy atom. The third kappa shape index (κ3) is 5.95. The first kappa shape index (κ1) is 21.2. The molecule has 2 rings (SSSR count). The number of likely N-dealkylation sites (N-methyl/N-ethyl adjacent to an activating group) is 1. The Labute approximate surface area is 174 Å². The van der Waals surface area contributed by atoms with Gasteiger partial charge in [0.1, 0.15) is 11.8 Å². The number of benzene rings is 2. The van der Waals surface area contributed by atoms with E-state index in [1.807, 2.05) is 62.4 Å². The molecule has 2 aromatic rings. The molecular formula is C21H25IN2O3. The second-order valence-corrected chi connectivity index (χ2v) is 7.47. The molecule has 6 heteroatoms. The summed E-state index contributed by atoms with van der Waals surface area (Å²) in [6.45, 7) is 4.16. The number of nitrogens with zero attached hydrogens (tertiary/aromatic N) is 1. The first-order valence-corrected chi connectivity index (χ1v) is 9.98. The molecule has 0 saturated carbocycles. The van der Waals surface area contributed by atoms with Crippen LogP contribution in [0.4, 0.5) is 0 Å². The van der Waals surface area contributed by atoms with Gasteiger partial charge in [0.25, 0.3) is 5.91 Å². The normalized spacial score (nSPS) is 11.6. The van der Waals surface area contributed by atoms with E-state index in [9.17, 15) is 9.59 Å². The summed E-state index contributed by atoms with van der Waals surface area (Å²) in [5.41, 5.74) is 2.10. The van der Waals surface area contributed by atoms with E-state index in [-0.39, 0.29) is 18.4 Å². The monoisotopic (exact) mass is 480 g/mol. The molecular weight excluding hydrogens is 455 g/mol. The van der Waals surface area contributed by atoms with Gasteiger partial charge in [-0.15, -0.1) is 0 Å². The summed E-state index contributed by atoms with van der Waals surface area (Å²) in [5, 5.41) is 2.66. The van der Waals surface area contributed by atoms with Gasteiger partial charge in [-0.05, 0) is 71.3 Å². The second kappa shape index (κ2) is 10.3. The van der Waals surface area contributed by atoms with E-state index in [1.165, 1.54) is 0 Å². The van der Waals surface area contributed by atoms with Crippen molar-refractivity contribution in [3.05, 3.63) is 63.2 Å². The van der Waals surface area contributed by atoms with Crippen LogP contribution in [-0.2, 0) is 16.1 Å². The molecule has 0 aromatic heterocycles. The molecule has 0 spiro atoms. The van der Waals surface area contributed by atoms with Crippen LogP contribution in [0, 0.1) is 10.5 Å². The Kier molecular flexibility index (Phi) is 8.09. The first-order chi connectivity index (χ1) is 13.0. The summed E-state index contributed by atoms with van der Waals surface area (Å²) in [7, 11) is 1.59. The van der Waals surface area contributed by atoms with Crippen molar-refractivity contribution in [1.29, 1.82) is 0 Å². The molecule has 144 valence electrons. The molecule has 0 aliphatic rings. The lowest BCUT2D eigenvalue weighted by molar-refractivity contribution is -0.142. The number of amides is 2. The average molecular weight is 480 g/mol. The molecule has 2 aromatic carbocycles. The summed E-state index contributed by atoms with van der Waals surface area (Å²) in [5.74, 6) is 0.244. The van der Waals surface area contributed by atoms with Gasteiger partial charge < -0.3 is 15.0 Å². The molecule has 0 fully saturated rings. The van der Waals surface area contributed by atoms with Crippen LogP contribution in [0.1, 0.15) is 24.5 Å². The standard InChI is InChI=1S/C21H25IN2O3/c1-4-19(21(26)23-3)24(13-16-8-6-5-7-15(16)2)20(25)14-27-18-11-9-17(22)10-12-18/h5-12,19H,4,13-14H2,1-3H3,(H,23,26). The fourth-order valence-corrected chi connectivity index (χ4v) is 3.18. The van der Waals surface area contributed by atoms with E-state index in [0.29, 0.717) is 18.7 Å². The molecule has 0 saturated heterocycles. The van der Waals surface area contributed by atoms with Crippen LogP contribution >= 0.6 is 22.6 Å². The summed E-state index contributed by atoms with van der Waals surface area (Å²) in [6, 6.07) is 14.8. The van der Waals surface area contributed by atoms with Crippen molar-refractivity contribution >= 4 is 34.4 Å². The minimum atomic E-state index is -0.539. The van der Waals surface area contributed by atoms with Gasteiger partial charge in [0.05, 0.1) is 0 Å². The van der Waals surface area contributed by atoms with Crippen molar-refractivity contribution in [3.63, 3.8) is 0 Å². The Hall–Kier alpha value is -2.09. The van der Waals surface area contributed by atoms with Gasteiger partial charge in [-0.3, -0.25) is 9.59 Å². The number of carbonyl (C=O) groups is 2. The highest BCUT2D eigenvalue weighted by molar-refractivity contribution is 14.1. The van der Waals surface area contributed by atoms with E-state index in [1.54, 1.807) is 11.9 Å². The fourth-order valence-electron chi connectivity index (χ4n) is 2.82. The van der Waals surface area contributed by atoms with E-state index in [4.69, 9.17) is 4.74 Å². The number of hydrogen-bond donors (Lipinski definition) is 1. The van der Waals surface area contributed by atoms with Crippen molar-refractivity contribution in [2.75, 3.05) is 13.7 Å². The summed E-state index contributed by atoms with van der Waals surface area (Å²) < 4.78 is 6.75. The predicted octanol–water partition coefficient (Wildman–Crippen LogP) is 3.53. The van der Waals surface area contributed by atoms with Gasteiger partial charge in [-0.2, -0.15) is 0 Å². The zero-order valence-corrected chi connectivity index (χ0v) is 18.0. The molecule has 0 radical (unpaired) electrons. The van der Waals surface area contributed by atoms with Gasteiger partial charge in [0, 0.05) is 17.2 Å². The van der Waals surface area contributed by atoms with Crippen molar-refractivity contribution in [1.82, 2.24) is 10.2 Å². The van der Waals surface area contributed by atoms with Gasteiger partial charge in [0.2, 0.25) is 5.91 Å². The molecule has 0 aliphatic heterocycles. The van der Waals surface area contributed by atoms with Crippen LogP contribution < -0.4 is 10.1 Å². The number of rotatable bonds is 8. The second-order valence-electron chi connectivity index (χ2n) is 6.23. The largest absolute Gasteiger partial charge is 0.484 e. The SMILES string of the molecule is CCC(C(=O)NC)N(Cc1ccccc1C)C(=O)COc1ccc(I)cc1. The molecule has 27 heavy (non-hydrogen) atoms. The maximum Gasteiger partial charge on any atom is 0.261 e. The molecule has 5 nitrogen and oxygen atoms in total. The lowest BCUT2D eigenvalue weighted by Crippen LogP contribution is -2.49. The van der Waals surface area contributed by atoms with Gasteiger partial charge in [0.15, 0.2) is 6.61 Å². The van der Waals surface area contributed by atoms with Crippen molar-refractivity contribution in [2.24, 2.45) is 0 Å². The minimum Gasteiger partial charge on any atom is -0.484 e. The molecule has 1 N–H and O–H groups in total. The Bertz CT molecular complexity index is 777. The van der Waals surface area contributed by atoms with Crippen LogP contribution in [0.5, 0.6) is 5.75 Å². The van der Waals surface area contributed by atoms with Gasteiger partial charge in [-0.25, -0.2) is 0 Å². The summed E-state index contributed by atoms with van der Waals surface area (Å²) in [4.78, 5) is 26.9. The molecule has 0 bridgehead atoms. The quantitative estimate of drug-likeness (QED) is 0.589. The number of aryl methyl sites for hydroxylation is 1. The lowest BCUT2D eigenvalue weighted by atomic mass is 10.1. The number of halogens is 1. The smallest absolute Gasteiger partial charge is 0.261 e. The predicted molar refractivity (Wildman–Crippen MR) is 115 cm³/mol. The first-order valence-electron chi connectivity index (χ1n) is 8.90. The maximum atomic E-state index is 12.9. The third-order valence-electron chi connectivity index (χ3n) is 4.41. The van der Waals surface area contributed by atoms with E-state index in [0.717, 1.165) is 14.7 Å². The van der Waals surface area contributed by atoms with E-state index >= 15 is 0 Å². The Morgan fingerprint density at radius 3 is 2.41 bits per heavy atom. The third-order valence-corrected chi connectivity index (χ3v) is 5.13. The number of nitrogens with one attached hydrogen (secondary N) is 1. The van der Waals surface area contributed by atoms with Crippen LogP contribution in [0.2, 0.25) is 0 Å². The minimum absolute atomic E-state index is 0.111. The maximum absolute atomic E-state index is 12.9. The van der Waals surface area contributed by atoms with Gasteiger partial charge in [-0.1, -0.05) is 31.2 Å². The molecule has 1 atom stereocenters. The summed E-state index contributed by atoms with van der Waals surface area (Å²) >= 11 is 2.21. The summed E-state index contributed by atoms with van der Waals surface area (Å²) in [6.07, 6.45) is 0.529. The van der Waals surface area contributed by atoms with Crippen molar-refractivity contribution in [2.45, 2.75) is 32.9 Å². The van der Waals surface area contributed by atoms with E-state index in [2.05, 4.69) is 27.9 Å². The van der Waals surface area contributed by atoms with Gasteiger partial charge >= 0.3 is 0 Å². The molecule has 0 aliphatic carbocycles. The van der Waals surface area contributed by atoms with Crippen LogP contribution in [0.15, 0.2) is 48.5 Å². The highest BCUT2D eigenvalue weighted by atomic mass is 127. The highest BCUT2D eigenvalue weighted by Crippen LogP contribution is 2.17. The zero-order valence-electron chi connectivity index (χ0n) is 15.9. The Balaban J connectivity index is 2.19. The Morgan fingerprint density at radius 1 is 1.15 bits per heavy atom. The van der Waals surface area contributed by atoms with Crippen molar-refractivity contribution < 1.29 is 14.3 Å². The fraction of sp³-hybridized carbons (Fsp3) is 0.333. The van der Waals surface area contributed by atoms with E-state index < -0.39 is 6.04 Å². The number of hydrogen-bond acceptors (Lipinski definition) is 3. The topological polar surface area (TPSA) is 58.6 Å². The molecule has 1 unspecified atom stereocenters. The van der Waals surface area contributed by atoms with Crippen LogP contribution in [0.25, 0.3) is 0 Å².